The summed E-state index contributed by atoms with van der Waals surface area (Å²) in [4.78, 5) is 0. The third-order valence-electron chi connectivity index (χ3n) is 2.19. The standard InChI is InChI=1S/C11H12F2N4O/c1-2-14-6-9-16-17-11(18-9)15-8-5-3-4-7(12)10(8)13/h3-5,14H,2,6H2,1H3,(H,15,17). The van der Waals surface area contributed by atoms with E-state index in [-0.39, 0.29) is 11.7 Å². The van der Waals surface area contributed by atoms with Crippen molar-refractivity contribution < 1.29 is 13.2 Å². The Balaban J connectivity index is 2.09. The molecule has 1 aromatic heterocycles. The van der Waals surface area contributed by atoms with Gasteiger partial charge in [-0.1, -0.05) is 18.1 Å². The summed E-state index contributed by atoms with van der Waals surface area (Å²) in [6.07, 6.45) is 0. The van der Waals surface area contributed by atoms with E-state index in [1.165, 1.54) is 12.1 Å². The number of hydrogen-bond donors (Lipinski definition) is 2. The molecule has 0 aliphatic carbocycles. The van der Waals surface area contributed by atoms with Gasteiger partial charge < -0.3 is 15.1 Å². The molecule has 96 valence electrons. The number of aromatic nitrogens is 2. The number of benzene rings is 1. The molecule has 2 rings (SSSR count). The van der Waals surface area contributed by atoms with Gasteiger partial charge in [-0.15, -0.1) is 5.10 Å². The van der Waals surface area contributed by atoms with Gasteiger partial charge in [0.05, 0.1) is 12.2 Å². The minimum absolute atomic E-state index is 0.0207. The van der Waals surface area contributed by atoms with E-state index in [0.29, 0.717) is 12.4 Å². The average molecular weight is 254 g/mol. The number of halogens is 2. The van der Waals surface area contributed by atoms with Crippen LogP contribution in [0.15, 0.2) is 22.6 Å². The van der Waals surface area contributed by atoms with Crippen molar-refractivity contribution in [2.45, 2.75) is 13.5 Å². The second-order valence-corrected chi connectivity index (χ2v) is 3.51. The Kier molecular flexibility index (Phi) is 3.83. The maximum Gasteiger partial charge on any atom is 0.320 e. The number of hydrogen-bond acceptors (Lipinski definition) is 5. The summed E-state index contributed by atoms with van der Waals surface area (Å²) < 4.78 is 31.5. The molecule has 7 heteroatoms. The lowest BCUT2D eigenvalue weighted by Gasteiger charge is -2.02. The van der Waals surface area contributed by atoms with Crippen LogP contribution in [0.3, 0.4) is 0 Å². The van der Waals surface area contributed by atoms with Gasteiger partial charge in [-0.25, -0.2) is 8.78 Å². The zero-order valence-corrected chi connectivity index (χ0v) is 9.70. The Morgan fingerprint density at radius 2 is 2.11 bits per heavy atom. The van der Waals surface area contributed by atoms with Gasteiger partial charge in [-0.3, -0.25) is 0 Å². The Morgan fingerprint density at radius 1 is 1.28 bits per heavy atom. The monoisotopic (exact) mass is 254 g/mol. The summed E-state index contributed by atoms with van der Waals surface area (Å²) in [6, 6.07) is 3.82. The van der Waals surface area contributed by atoms with E-state index in [1.807, 2.05) is 6.92 Å². The molecule has 0 radical (unpaired) electrons. The summed E-state index contributed by atoms with van der Waals surface area (Å²) >= 11 is 0. The molecule has 0 amide bonds. The first kappa shape index (κ1) is 12.4. The van der Waals surface area contributed by atoms with Gasteiger partial charge in [0, 0.05) is 0 Å². The maximum atomic E-state index is 13.4. The number of anilines is 2. The highest BCUT2D eigenvalue weighted by Gasteiger charge is 2.11. The molecule has 0 spiro atoms. The average Bonchev–Trinajstić information content (AvgIpc) is 2.80. The molecule has 0 fully saturated rings. The lowest BCUT2D eigenvalue weighted by Crippen LogP contribution is -2.11. The van der Waals surface area contributed by atoms with Gasteiger partial charge in [0.2, 0.25) is 5.89 Å². The van der Waals surface area contributed by atoms with Crippen LogP contribution in [0.4, 0.5) is 20.5 Å². The van der Waals surface area contributed by atoms with Crippen molar-refractivity contribution >= 4 is 11.7 Å². The van der Waals surface area contributed by atoms with E-state index in [1.54, 1.807) is 0 Å². The fourth-order valence-corrected chi connectivity index (χ4v) is 1.32. The van der Waals surface area contributed by atoms with Crippen LogP contribution in [0.1, 0.15) is 12.8 Å². The summed E-state index contributed by atoms with van der Waals surface area (Å²) in [7, 11) is 0. The van der Waals surface area contributed by atoms with Gasteiger partial charge in [0.15, 0.2) is 11.6 Å². The fourth-order valence-electron chi connectivity index (χ4n) is 1.32. The molecule has 0 saturated heterocycles. The van der Waals surface area contributed by atoms with E-state index in [0.717, 1.165) is 12.6 Å². The van der Waals surface area contributed by atoms with E-state index < -0.39 is 11.6 Å². The fraction of sp³-hybridized carbons (Fsp3) is 0.273. The van der Waals surface area contributed by atoms with Crippen LogP contribution in [0.2, 0.25) is 0 Å². The van der Waals surface area contributed by atoms with E-state index >= 15 is 0 Å². The first-order valence-electron chi connectivity index (χ1n) is 5.45. The van der Waals surface area contributed by atoms with Gasteiger partial charge in [-0.2, -0.15) is 0 Å². The molecule has 0 bridgehead atoms. The summed E-state index contributed by atoms with van der Waals surface area (Å²) in [5, 5.41) is 13.0. The van der Waals surface area contributed by atoms with E-state index in [4.69, 9.17) is 4.42 Å². The highest BCUT2D eigenvalue weighted by molar-refractivity contribution is 5.52. The SMILES string of the molecule is CCNCc1nnc(Nc2cccc(F)c2F)o1. The van der Waals surface area contributed by atoms with Crippen LogP contribution >= 0.6 is 0 Å². The van der Waals surface area contributed by atoms with E-state index in [9.17, 15) is 8.78 Å². The van der Waals surface area contributed by atoms with Crippen molar-refractivity contribution in [3.8, 4) is 0 Å². The zero-order valence-electron chi connectivity index (χ0n) is 9.70. The molecule has 2 aromatic rings. The molecule has 0 atom stereocenters. The molecule has 1 heterocycles. The molecule has 0 aliphatic rings. The summed E-state index contributed by atoms with van der Waals surface area (Å²) in [5.74, 6) is -1.55. The van der Waals surface area contributed by atoms with Crippen molar-refractivity contribution in [1.82, 2.24) is 15.5 Å². The first-order valence-corrected chi connectivity index (χ1v) is 5.45. The Labute approximate surface area is 102 Å². The Bertz CT molecular complexity index is 530. The van der Waals surface area contributed by atoms with Crippen LogP contribution < -0.4 is 10.6 Å². The predicted molar refractivity (Wildman–Crippen MR) is 61.3 cm³/mol. The van der Waals surface area contributed by atoms with Crippen molar-refractivity contribution in [3.05, 3.63) is 35.7 Å². The second kappa shape index (κ2) is 5.54. The molecular weight excluding hydrogens is 242 g/mol. The molecule has 18 heavy (non-hydrogen) atoms. The highest BCUT2D eigenvalue weighted by Crippen LogP contribution is 2.20. The second-order valence-electron chi connectivity index (χ2n) is 3.51. The molecule has 2 N–H and O–H groups in total. The molecule has 0 unspecified atom stereocenters. The first-order chi connectivity index (χ1) is 8.70. The normalized spacial score (nSPS) is 10.6. The molecular formula is C11H12F2N4O. The number of nitrogens with one attached hydrogen (secondary N) is 2. The third kappa shape index (κ3) is 2.80. The van der Waals surface area contributed by atoms with Crippen molar-refractivity contribution in [2.75, 3.05) is 11.9 Å². The minimum atomic E-state index is -0.982. The summed E-state index contributed by atoms with van der Waals surface area (Å²) in [6.45, 7) is 3.14. The molecule has 5 nitrogen and oxygen atoms in total. The maximum absolute atomic E-state index is 13.4. The topological polar surface area (TPSA) is 63.0 Å². The number of nitrogens with zero attached hydrogens (tertiary/aromatic N) is 2. The molecule has 0 aliphatic heterocycles. The van der Waals surface area contributed by atoms with Gasteiger partial charge >= 0.3 is 6.01 Å². The Hall–Kier alpha value is -2.02. The molecule has 0 saturated carbocycles. The molecule has 1 aromatic carbocycles. The van der Waals surface area contributed by atoms with Crippen molar-refractivity contribution in [3.63, 3.8) is 0 Å². The van der Waals surface area contributed by atoms with Crippen molar-refractivity contribution in [1.29, 1.82) is 0 Å². The van der Waals surface area contributed by atoms with Gasteiger partial charge in [0.25, 0.3) is 0 Å². The van der Waals surface area contributed by atoms with Crippen LogP contribution in [-0.4, -0.2) is 16.7 Å². The van der Waals surface area contributed by atoms with Crippen LogP contribution in [-0.2, 0) is 6.54 Å². The van der Waals surface area contributed by atoms with Crippen LogP contribution in [0.25, 0.3) is 0 Å². The van der Waals surface area contributed by atoms with Crippen LogP contribution in [0, 0.1) is 11.6 Å². The van der Waals surface area contributed by atoms with Crippen LogP contribution in [0.5, 0.6) is 0 Å². The smallest absolute Gasteiger partial charge is 0.320 e. The quantitative estimate of drug-likeness (QED) is 0.856. The van der Waals surface area contributed by atoms with Gasteiger partial charge in [-0.05, 0) is 18.7 Å². The van der Waals surface area contributed by atoms with Crippen molar-refractivity contribution in [2.24, 2.45) is 0 Å². The lowest BCUT2D eigenvalue weighted by molar-refractivity contribution is 0.482. The largest absolute Gasteiger partial charge is 0.406 e. The predicted octanol–water partition coefficient (Wildman–Crippen LogP) is 2.20. The Morgan fingerprint density at radius 3 is 2.89 bits per heavy atom. The zero-order chi connectivity index (χ0) is 13.0. The highest BCUT2D eigenvalue weighted by atomic mass is 19.2. The van der Waals surface area contributed by atoms with Gasteiger partial charge in [0.1, 0.15) is 0 Å². The van der Waals surface area contributed by atoms with E-state index in [2.05, 4.69) is 20.8 Å². The lowest BCUT2D eigenvalue weighted by atomic mass is 10.3. The minimum Gasteiger partial charge on any atom is -0.406 e. The number of rotatable bonds is 5. The third-order valence-corrected chi connectivity index (χ3v) is 2.19. The summed E-state index contributed by atoms with van der Waals surface area (Å²) in [5.41, 5.74) is -0.0475.